The molecule has 0 bridgehead atoms. The van der Waals surface area contributed by atoms with Crippen LogP contribution in [0.2, 0.25) is 0 Å². The van der Waals surface area contributed by atoms with Crippen LogP contribution >= 0.6 is 11.8 Å². The maximum Gasteiger partial charge on any atom is 0.209 e. The SMILES string of the molecule is CC(=O)CSc1n[nH]c(-c2cnc3cc(OCc4ccccc4)ccc3c2)n1. The molecule has 0 amide bonds. The molecule has 0 fully saturated rings. The summed E-state index contributed by atoms with van der Waals surface area (Å²) in [4.78, 5) is 20.0. The number of aromatic nitrogens is 4. The van der Waals surface area contributed by atoms with Crippen LogP contribution in [-0.4, -0.2) is 31.7 Å². The van der Waals surface area contributed by atoms with Crippen molar-refractivity contribution in [1.29, 1.82) is 0 Å². The minimum absolute atomic E-state index is 0.0917. The van der Waals surface area contributed by atoms with Crippen LogP contribution in [0.25, 0.3) is 22.3 Å². The summed E-state index contributed by atoms with van der Waals surface area (Å²) in [5, 5.41) is 8.58. The molecule has 0 unspecified atom stereocenters. The first-order valence-corrected chi connectivity index (χ1v) is 9.77. The van der Waals surface area contributed by atoms with Gasteiger partial charge in [0.25, 0.3) is 0 Å². The highest BCUT2D eigenvalue weighted by molar-refractivity contribution is 7.99. The standard InChI is InChI=1S/C21H18N4O2S/c1-14(26)13-28-21-23-20(24-25-21)17-9-16-7-8-18(10-19(16)22-11-17)27-12-15-5-3-2-4-6-15/h2-11H,12-13H2,1H3,(H,23,24,25). The van der Waals surface area contributed by atoms with Crippen LogP contribution in [-0.2, 0) is 11.4 Å². The molecule has 0 saturated carbocycles. The number of rotatable bonds is 7. The van der Waals surface area contributed by atoms with Gasteiger partial charge in [0.2, 0.25) is 5.16 Å². The van der Waals surface area contributed by atoms with Crippen molar-refractivity contribution in [1.82, 2.24) is 20.2 Å². The van der Waals surface area contributed by atoms with Crippen molar-refractivity contribution in [3.8, 4) is 17.1 Å². The maximum atomic E-state index is 11.1. The van der Waals surface area contributed by atoms with E-state index in [1.807, 2.05) is 54.6 Å². The summed E-state index contributed by atoms with van der Waals surface area (Å²) in [5.41, 5.74) is 2.81. The summed E-state index contributed by atoms with van der Waals surface area (Å²) in [7, 11) is 0. The van der Waals surface area contributed by atoms with E-state index in [1.54, 1.807) is 13.1 Å². The zero-order valence-corrected chi connectivity index (χ0v) is 16.1. The van der Waals surface area contributed by atoms with Crippen molar-refractivity contribution in [2.24, 2.45) is 0 Å². The van der Waals surface area contributed by atoms with Gasteiger partial charge in [-0.2, -0.15) is 0 Å². The van der Waals surface area contributed by atoms with Crippen molar-refractivity contribution < 1.29 is 9.53 Å². The van der Waals surface area contributed by atoms with Crippen LogP contribution in [0.5, 0.6) is 5.75 Å². The third-order valence-corrected chi connectivity index (χ3v) is 5.04. The highest BCUT2D eigenvalue weighted by Gasteiger charge is 2.09. The lowest BCUT2D eigenvalue weighted by atomic mass is 10.1. The van der Waals surface area contributed by atoms with Gasteiger partial charge in [-0.1, -0.05) is 42.1 Å². The number of ether oxygens (including phenoxy) is 1. The van der Waals surface area contributed by atoms with Gasteiger partial charge in [0.1, 0.15) is 18.1 Å². The predicted molar refractivity (Wildman–Crippen MR) is 109 cm³/mol. The molecule has 7 heteroatoms. The van der Waals surface area contributed by atoms with E-state index >= 15 is 0 Å². The normalized spacial score (nSPS) is 10.9. The fraction of sp³-hybridized carbons (Fsp3) is 0.143. The number of aromatic amines is 1. The molecule has 0 aliphatic carbocycles. The highest BCUT2D eigenvalue weighted by Crippen LogP contribution is 2.25. The van der Waals surface area contributed by atoms with E-state index in [0.717, 1.165) is 27.8 Å². The smallest absolute Gasteiger partial charge is 0.209 e. The van der Waals surface area contributed by atoms with Crippen LogP contribution in [0.3, 0.4) is 0 Å². The van der Waals surface area contributed by atoms with E-state index in [-0.39, 0.29) is 5.78 Å². The average Bonchev–Trinajstić information content (AvgIpc) is 3.20. The quantitative estimate of drug-likeness (QED) is 0.475. The van der Waals surface area contributed by atoms with Gasteiger partial charge in [0.15, 0.2) is 5.82 Å². The lowest BCUT2D eigenvalue weighted by Gasteiger charge is -2.07. The molecule has 2 aromatic heterocycles. The maximum absolute atomic E-state index is 11.1. The topological polar surface area (TPSA) is 80.8 Å². The summed E-state index contributed by atoms with van der Waals surface area (Å²) in [6, 6.07) is 17.9. The third kappa shape index (κ3) is 4.37. The van der Waals surface area contributed by atoms with Crippen LogP contribution in [0.15, 0.2) is 66.0 Å². The molecule has 28 heavy (non-hydrogen) atoms. The molecule has 0 spiro atoms. The van der Waals surface area contributed by atoms with E-state index in [2.05, 4.69) is 20.2 Å². The van der Waals surface area contributed by atoms with Gasteiger partial charge in [0.05, 0.1) is 11.3 Å². The summed E-state index contributed by atoms with van der Waals surface area (Å²) in [6.07, 6.45) is 1.75. The first-order chi connectivity index (χ1) is 13.7. The molecule has 0 aliphatic heterocycles. The van der Waals surface area contributed by atoms with Crippen molar-refractivity contribution in [2.45, 2.75) is 18.7 Å². The molecule has 2 aromatic carbocycles. The summed E-state index contributed by atoms with van der Waals surface area (Å²) >= 11 is 1.31. The Morgan fingerprint density at radius 1 is 1.14 bits per heavy atom. The van der Waals surface area contributed by atoms with Crippen LogP contribution in [0, 0.1) is 0 Å². The number of nitrogens with one attached hydrogen (secondary N) is 1. The van der Waals surface area contributed by atoms with E-state index < -0.39 is 0 Å². The number of ketones is 1. The van der Waals surface area contributed by atoms with Crippen molar-refractivity contribution in [3.05, 3.63) is 66.4 Å². The molecular formula is C21H18N4O2S. The lowest BCUT2D eigenvalue weighted by molar-refractivity contribution is -0.114. The van der Waals surface area contributed by atoms with E-state index in [0.29, 0.717) is 23.3 Å². The first kappa shape index (κ1) is 18.2. The average molecular weight is 390 g/mol. The minimum atomic E-state index is 0.0917. The number of carbonyl (C=O) groups is 1. The second-order valence-corrected chi connectivity index (χ2v) is 7.25. The molecule has 4 aromatic rings. The Balaban J connectivity index is 1.49. The van der Waals surface area contributed by atoms with Crippen molar-refractivity contribution in [3.63, 3.8) is 0 Å². The molecule has 0 saturated heterocycles. The minimum Gasteiger partial charge on any atom is -0.489 e. The molecule has 0 atom stereocenters. The molecular weight excluding hydrogens is 372 g/mol. The number of hydrogen-bond donors (Lipinski definition) is 1. The molecule has 2 heterocycles. The van der Waals surface area contributed by atoms with Gasteiger partial charge in [-0.05, 0) is 30.7 Å². The highest BCUT2D eigenvalue weighted by atomic mass is 32.2. The number of pyridine rings is 1. The predicted octanol–water partition coefficient (Wildman–Crippen LogP) is 4.28. The lowest BCUT2D eigenvalue weighted by Crippen LogP contribution is -1.95. The molecule has 1 N–H and O–H groups in total. The van der Waals surface area contributed by atoms with Crippen LogP contribution in [0.4, 0.5) is 0 Å². The second-order valence-electron chi connectivity index (χ2n) is 6.31. The van der Waals surface area contributed by atoms with Crippen molar-refractivity contribution in [2.75, 3.05) is 5.75 Å². The number of nitrogens with zero attached hydrogens (tertiary/aromatic N) is 3. The largest absolute Gasteiger partial charge is 0.489 e. The van der Waals surface area contributed by atoms with E-state index in [9.17, 15) is 4.79 Å². The molecule has 4 rings (SSSR count). The second kappa shape index (κ2) is 8.22. The zero-order chi connectivity index (χ0) is 19.3. The number of thioether (sulfide) groups is 1. The fourth-order valence-corrected chi connectivity index (χ4v) is 3.27. The van der Waals surface area contributed by atoms with Crippen molar-refractivity contribution >= 4 is 28.4 Å². The Morgan fingerprint density at radius 2 is 2.00 bits per heavy atom. The molecule has 0 aliphatic rings. The zero-order valence-electron chi connectivity index (χ0n) is 15.3. The number of Topliss-reactive ketones (excluding diaryl/α,β-unsaturated/α-hetero) is 1. The Labute approximate surface area is 166 Å². The Morgan fingerprint density at radius 3 is 2.82 bits per heavy atom. The monoisotopic (exact) mass is 390 g/mol. The number of H-pyrrole nitrogens is 1. The van der Waals surface area contributed by atoms with E-state index in [4.69, 9.17) is 4.74 Å². The van der Waals surface area contributed by atoms with Gasteiger partial charge in [-0.25, -0.2) is 4.98 Å². The van der Waals surface area contributed by atoms with Crippen LogP contribution < -0.4 is 4.74 Å². The first-order valence-electron chi connectivity index (χ1n) is 8.79. The Bertz CT molecular complexity index is 1110. The number of hydrogen-bond acceptors (Lipinski definition) is 6. The summed E-state index contributed by atoms with van der Waals surface area (Å²) in [5.74, 6) is 1.86. The number of carbonyl (C=O) groups excluding carboxylic acids is 1. The summed E-state index contributed by atoms with van der Waals surface area (Å²) in [6.45, 7) is 2.06. The number of fused-ring (bicyclic) bond motifs is 1. The summed E-state index contributed by atoms with van der Waals surface area (Å²) < 4.78 is 5.87. The van der Waals surface area contributed by atoms with Gasteiger partial charge in [-0.3, -0.25) is 14.9 Å². The molecule has 140 valence electrons. The van der Waals surface area contributed by atoms with Gasteiger partial charge in [-0.15, -0.1) is 5.10 Å². The van der Waals surface area contributed by atoms with Gasteiger partial charge < -0.3 is 4.74 Å². The Kier molecular flexibility index (Phi) is 5.34. The van der Waals surface area contributed by atoms with Crippen LogP contribution in [0.1, 0.15) is 12.5 Å². The van der Waals surface area contributed by atoms with Gasteiger partial charge in [0, 0.05) is 23.2 Å². The number of benzene rings is 2. The fourth-order valence-electron chi connectivity index (χ4n) is 2.67. The molecule has 6 nitrogen and oxygen atoms in total. The Hall–Kier alpha value is -3.19. The third-order valence-electron chi connectivity index (χ3n) is 4.05. The molecule has 0 radical (unpaired) electrons. The van der Waals surface area contributed by atoms with Gasteiger partial charge >= 0.3 is 0 Å². The van der Waals surface area contributed by atoms with E-state index in [1.165, 1.54) is 11.8 Å².